The van der Waals surface area contributed by atoms with Gasteiger partial charge in [0.05, 0.1) is 4.47 Å². The van der Waals surface area contributed by atoms with E-state index in [2.05, 4.69) is 31.9 Å². The van der Waals surface area contributed by atoms with Gasteiger partial charge in [-0.15, -0.1) is 0 Å². The number of hydrogen-bond donors (Lipinski definition) is 0. The fourth-order valence-electron chi connectivity index (χ4n) is 1.04. The number of rotatable bonds is 1. The summed E-state index contributed by atoms with van der Waals surface area (Å²) in [5.41, 5.74) is 1.76. The van der Waals surface area contributed by atoms with E-state index in [1.54, 1.807) is 6.07 Å². The summed E-state index contributed by atoms with van der Waals surface area (Å²) in [6, 6.07) is 3.62. The molecule has 0 amide bonds. The van der Waals surface area contributed by atoms with Gasteiger partial charge in [0.15, 0.2) is 0 Å². The molecule has 1 unspecified atom stereocenters. The Labute approximate surface area is 88.4 Å². The van der Waals surface area contributed by atoms with E-state index in [1.165, 1.54) is 0 Å². The van der Waals surface area contributed by atoms with Crippen molar-refractivity contribution < 1.29 is 4.39 Å². The van der Waals surface area contributed by atoms with E-state index in [1.807, 2.05) is 19.9 Å². The van der Waals surface area contributed by atoms with E-state index < -0.39 is 0 Å². The van der Waals surface area contributed by atoms with Gasteiger partial charge in [-0.05, 0) is 41.4 Å². The first-order chi connectivity index (χ1) is 5.52. The summed E-state index contributed by atoms with van der Waals surface area (Å²) in [5.74, 6) is -0.176. The minimum absolute atomic E-state index is 0.0497. The van der Waals surface area contributed by atoms with Crippen LogP contribution >= 0.6 is 31.9 Å². The maximum atomic E-state index is 13.4. The molecule has 0 radical (unpaired) electrons. The van der Waals surface area contributed by atoms with Crippen molar-refractivity contribution in [2.45, 2.75) is 18.7 Å². The van der Waals surface area contributed by atoms with Gasteiger partial charge in [-0.25, -0.2) is 4.39 Å². The second kappa shape index (κ2) is 3.88. The summed E-state index contributed by atoms with van der Waals surface area (Å²) in [6.45, 7) is 3.85. The van der Waals surface area contributed by atoms with Crippen molar-refractivity contribution in [3.63, 3.8) is 0 Å². The fourth-order valence-corrected chi connectivity index (χ4v) is 1.96. The highest BCUT2D eigenvalue weighted by Crippen LogP contribution is 2.29. The zero-order valence-corrected chi connectivity index (χ0v) is 10.0. The molecule has 3 heteroatoms. The second-order valence-electron chi connectivity index (χ2n) is 2.77. The molecule has 1 aromatic carbocycles. The molecule has 12 heavy (non-hydrogen) atoms. The fraction of sp³-hybridized carbons (Fsp3) is 0.333. The van der Waals surface area contributed by atoms with Crippen molar-refractivity contribution in [3.05, 3.63) is 33.5 Å². The van der Waals surface area contributed by atoms with Crippen LogP contribution in [0.15, 0.2) is 16.6 Å². The summed E-state index contributed by atoms with van der Waals surface area (Å²) in [4.78, 5) is 0.0497. The van der Waals surface area contributed by atoms with Crippen molar-refractivity contribution in [1.29, 1.82) is 0 Å². The van der Waals surface area contributed by atoms with Crippen LogP contribution in [0, 0.1) is 12.7 Å². The van der Waals surface area contributed by atoms with Gasteiger partial charge >= 0.3 is 0 Å². The summed E-state index contributed by atoms with van der Waals surface area (Å²) >= 11 is 6.51. The maximum Gasteiger partial charge on any atom is 0.141 e. The van der Waals surface area contributed by atoms with E-state index in [0.29, 0.717) is 10.0 Å². The molecule has 0 spiro atoms. The average Bonchev–Trinajstić information content (AvgIpc) is 1.96. The molecule has 1 aromatic rings. The largest absolute Gasteiger partial charge is 0.205 e. The highest BCUT2D eigenvalue weighted by Gasteiger charge is 2.11. The Morgan fingerprint density at radius 1 is 1.42 bits per heavy atom. The monoisotopic (exact) mass is 294 g/mol. The minimum Gasteiger partial charge on any atom is -0.205 e. The van der Waals surface area contributed by atoms with Crippen LogP contribution in [0.5, 0.6) is 0 Å². The quantitative estimate of drug-likeness (QED) is 0.676. The van der Waals surface area contributed by atoms with Gasteiger partial charge in [-0.2, -0.15) is 0 Å². The van der Waals surface area contributed by atoms with Crippen LogP contribution in [-0.4, -0.2) is 0 Å². The number of hydrogen-bond acceptors (Lipinski definition) is 0. The molecule has 0 aliphatic rings. The van der Waals surface area contributed by atoms with E-state index >= 15 is 0 Å². The van der Waals surface area contributed by atoms with E-state index in [4.69, 9.17) is 0 Å². The molecule has 0 nitrogen and oxygen atoms in total. The molecule has 0 fully saturated rings. The molecule has 0 saturated heterocycles. The minimum atomic E-state index is -0.176. The molecule has 0 aliphatic carbocycles. The molecule has 0 saturated carbocycles. The van der Waals surface area contributed by atoms with Crippen LogP contribution in [0.4, 0.5) is 4.39 Å². The molecule has 0 heterocycles. The van der Waals surface area contributed by atoms with Gasteiger partial charge in [0, 0.05) is 10.4 Å². The maximum absolute atomic E-state index is 13.4. The van der Waals surface area contributed by atoms with Crippen LogP contribution in [0.1, 0.15) is 22.9 Å². The number of aryl methyl sites for hydroxylation is 1. The topological polar surface area (TPSA) is 0 Å². The molecular formula is C9H9Br2F. The lowest BCUT2D eigenvalue weighted by atomic mass is 10.1. The molecule has 1 atom stereocenters. The Balaban J connectivity index is 3.28. The lowest BCUT2D eigenvalue weighted by Crippen LogP contribution is -1.92. The molecule has 0 aromatic heterocycles. The zero-order valence-electron chi connectivity index (χ0n) is 6.87. The lowest BCUT2D eigenvalue weighted by molar-refractivity contribution is 0.604. The molecule has 0 aliphatic heterocycles. The van der Waals surface area contributed by atoms with Gasteiger partial charge in [-0.1, -0.05) is 22.0 Å². The highest BCUT2D eigenvalue weighted by atomic mass is 79.9. The number of halogens is 3. The van der Waals surface area contributed by atoms with E-state index in [-0.39, 0.29) is 10.6 Å². The van der Waals surface area contributed by atoms with E-state index in [0.717, 1.165) is 5.56 Å². The average molecular weight is 296 g/mol. The van der Waals surface area contributed by atoms with Gasteiger partial charge in [0.25, 0.3) is 0 Å². The SMILES string of the molecule is Cc1cc(Br)c(F)c(C(C)Br)c1. The smallest absolute Gasteiger partial charge is 0.141 e. The zero-order chi connectivity index (χ0) is 9.30. The first-order valence-corrected chi connectivity index (χ1v) is 5.33. The Hall–Kier alpha value is 0.110. The van der Waals surface area contributed by atoms with Gasteiger partial charge < -0.3 is 0 Å². The molecular weight excluding hydrogens is 287 g/mol. The highest BCUT2D eigenvalue weighted by molar-refractivity contribution is 9.10. The third-order valence-corrected chi connectivity index (χ3v) is 2.70. The van der Waals surface area contributed by atoms with Crippen molar-refractivity contribution in [2.24, 2.45) is 0 Å². The Morgan fingerprint density at radius 3 is 2.50 bits per heavy atom. The predicted octanol–water partition coefficient (Wildman–Crippen LogP) is 4.35. The first kappa shape index (κ1) is 10.2. The third kappa shape index (κ3) is 2.07. The normalized spacial score (nSPS) is 13.1. The summed E-state index contributed by atoms with van der Waals surface area (Å²) in [6.07, 6.45) is 0. The van der Waals surface area contributed by atoms with Gasteiger partial charge in [0.1, 0.15) is 5.82 Å². The van der Waals surface area contributed by atoms with Crippen molar-refractivity contribution in [2.75, 3.05) is 0 Å². The second-order valence-corrected chi connectivity index (χ2v) is 4.99. The summed E-state index contributed by atoms with van der Waals surface area (Å²) in [7, 11) is 0. The van der Waals surface area contributed by atoms with Gasteiger partial charge in [-0.3, -0.25) is 0 Å². The van der Waals surface area contributed by atoms with Crippen LogP contribution < -0.4 is 0 Å². The third-order valence-electron chi connectivity index (χ3n) is 1.63. The van der Waals surface area contributed by atoms with Crippen LogP contribution in [0.3, 0.4) is 0 Å². The Kier molecular flexibility index (Phi) is 3.29. The van der Waals surface area contributed by atoms with Gasteiger partial charge in [0.2, 0.25) is 0 Å². The van der Waals surface area contributed by atoms with Crippen LogP contribution in [-0.2, 0) is 0 Å². The van der Waals surface area contributed by atoms with E-state index in [9.17, 15) is 4.39 Å². The Morgan fingerprint density at radius 2 is 2.00 bits per heavy atom. The van der Waals surface area contributed by atoms with Crippen molar-refractivity contribution in [3.8, 4) is 0 Å². The number of alkyl halides is 1. The Bertz CT molecular complexity index is 295. The first-order valence-electron chi connectivity index (χ1n) is 3.62. The summed E-state index contributed by atoms with van der Waals surface area (Å²) < 4.78 is 13.9. The standard InChI is InChI=1S/C9H9Br2F/c1-5-3-7(6(2)10)9(12)8(11)4-5/h3-4,6H,1-2H3. The van der Waals surface area contributed by atoms with Crippen molar-refractivity contribution >= 4 is 31.9 Å². The van der Waals surface area contributed by atoms with Crippen LogP contribution in [0.25, 0.3) is 0 Å². The molecule has 66 valence electrons. The van der Waals surface area contributed by atoms with Crippen LogP contribution in [0.2, 0.25) is 0 Å². The molecule has 1 rings (SSSR count). The summed E-state index contributed by atoms with van der Waals surface area (Å²) in [5, 5.41) is 0. The molecule has 0 bridgehead atoms. The number of benzene rings is 1. The lowest BCUT2D eigenvalue weighted by Gasteiger charge is -2.08. The van der Waals surface area contributed by atoms with Crippen molar-refractivity contribution in [1.82, 2.24) is 0 Å². The molecule has 0 N–H and O–H groups in total. The predicted molar refractivity (Wildman–Crippen MR) is 56.2 cm³/mol.